The van der Waals surface area contributed by atoms with E-state index in [1.807, 2.05) is 21.7 Å². The van der Waals surface area contributed by atoms with Gasteiger partial charge in [-0.15, -0.1) is 0 Å². The summed E-state index contributed by atoms with van der Waals surface area (Å²) in [5.74, 6) is 0.253. The first-order chi connectivity index (χ1) is 12.9. The number of carbonyl (C=O) groups excluding carboxylic acids is 1. The first kappa shape index (κ1) is 19.4. The number of hydrogen-bond donors (Lipinski definition) is 0. The van der Waals surface area contributed by atoms with Crippen LogP contribution in [0.2, 0.25) is 0 Å². The SMILES string of the molecule is CCS(=O)(=O)N(C1CC1)C1CCOC2(CCN(C(=O)c3ccsc3)CC2)C1. The normalized spacial score (nSPS) is 25.9. The van der Waals surface area contributed by atoms with Crippen LogP contribution in [0.15, 0.2) is 16.8 Å². The summed E-state index contributed by atoms with van der Waals surface area (Å²) in [4.78, 5) is 14.5. The maximum Gasteiger partial charge on any atom is 0.254 e. The largest absolute Gasteiger partial charge is 0.375 e. The van der Waals surface area contributed by atoms with Gasteiger partial charge in [-0.1, -0.05) is 0 Å². The quantitative estimate of drug-likeness (QED) is 0.746. The van der Waals surface area contributed by atoms with Crippen LogP contribution in [0.5, 0.6) is 0 Å². The van der Waals surface area contributed by atoms with Crippen LogP contribution in [0.4, 0.5) is 0 Å². The standard InChI is InChI=1S/C19H28N2O4S2/c1-2-27(23,24)21(16-3-4-16)17-5-11-25-19(13-17)7-9-20(10-8-19)18(22)15-6-12-26-14-15/h6,12,14,16-17H,2-5,7-11,13H2,1H3. The van der Waals surface area contributed by atoms with Crippen LogP contribution in [0.1, 0.15) is 55.8 Å². The van der Waals surface area contributed by atoms with Crippen LogP contribution in [0.25, 0.3) is 0 Å². The van der Waals surface area contributed by atoms with E-state index in [0.29, 0.717) is 19.7 Å². The molecule has 1 unspecified atom stereocenters. The number of sulfonamides is 1. The van der Waals surface area contributed by atoms with Gasteiger partial charge in [0.25, 0.3) is 5.91 Å². The fraction of sp³-hybridized carbons (Fsp3) is 0.737. The van der Waals surface area contributed by atoms with Crippen molar-refractivity contribution in [3.63, 3.8) is 0 Å². The molecule has 0 N–H and O–H groups in total. The molecule has 1 atom stereocenters. The summed E-state index contributed by atoms with van der Waals surface area (Å²) in [5.41, 5.74) is 0.470. The number of hydrogen-bond acceptors (Lipinski definition) is 5. The Morgan fingerprint density at radius 1 is 1.30 bits per heavy atom. The Bertz CT molecular complexity index is 766. The van der Waals surface area contributed by atoms with Crippen molar-refractivity contribution in [2.24, 2.45) is 0 Å². The number of thiophene rings is 1. The fourth-order valence-electron chi connectivity index (χ4n) is 4.48. The molecule has 8 heteroatoms. The minimum absolute atomic E-state index is 0.0373. The molecule has 0 radical (unpaired) electrons. The van der Waals surface area contributed by atoms with Crippen molar-refractivity contribution in [2.45, 2.75) is 63.1 Å². The number of rotatable bonds is 5. The van der Waals surface area contributed by atoms with Crippen LogP contribution in [0.3, 0.4) is 0 Å². The molecule has 2 aliphatic heterocycles. The third-order valence-electron chi connectivity index (χ3n) is 6.15. The third kappa shape index (κ3) is 3.95. The van der Waals surface area contributed by atoms with E-state index in [1.165, 1.54) is 11.3 Å². The molecule has 150 valence electrons. The molecule has 2 saturated heterocycles. The summed E-state index contributed by atoms with van der Waals surface area (Å²) in [6, 6.07) is 2.10. The van der Waals surface area contributed by atoms with E-state index < -0.39 is 10.0 Å². The number of piperidine rings is 1. The first-order valence-electron chi connectivity index (χ1n) is 9.91. The van der Waals surface area contributed by atoms with Gasteiger partial charge in [0.15, 0.2) is 0 Å². The van der Waals surface area contributed by atoms with Gasteiger partial charge >= 0.3 is 0 Å². The Kier molecular flexibility index (Phi) is 5.35. The predicted molar refractivity (Wildman–Crippen MR) is 105 cm³/mol. The monoisotopic (exact) mass is 412 g/mol. The Balaban J connectivity index is 1.43. The molecule has 4 rings (SSSR count). The van der Waals surface area contributed by atoms with Gasteiger partial charge in [-0.05, 0) is 56.9 Å². The molecule has 3 heterocycles. The van der Waals surface area contributed by atoms with E-state index in [0.717, 1.165) is 44.1 Å². The molecule has 27 heavy (non-hydrogen) atoms. The maximum atomic E-state index is 12.7. The molecular weight excluding hydrogens is 384 g/mol. The van der Waals surface area contributed by atoms with Crippen molar-refractivity contribution < 1.29 is 17.9 Å². The zero-order valence-corrected chi connectivity index (χ0v) is 17.4. The smallest absolute Gasteiger partial charge is 0.254 e. The topological polar surface area (TPSA) is 66.9 Å². The molecule has 3 aliphatic rings. The molecule has 1 amide bonds. The Morgan fingerprint density at radius 3 is 2.63 bits per heavy atom. The van der Waals surface area contributed by atoms with Crippen molar-refractivity contribution in [3.8, 4) is 0 Å². The highest BCUT2D eigenvalue weighted by molar-refractivity contribution is 7.89. The van der Waals surface area contributed by atoms with E-state index in [2.05, 4.69) is 0 Å². The van der Waals surface area contributed by atoms with E-state index in [4.69, 9.17) is 4.74 Å². The lowest BCUT2D eigenvalue weighted by molar-refractivity contribution is -0.123. The summed E-state index contributed by atoms with van der Waals surface area (Å²) in [5, 5.41) is 3.82. The average Bonchev–Trinajstić information content (AvgIpc) is 3.33. The van der Waals surface area contributed by atoms with Gasteiger partial charge in [0.1, 0.15) is 0 Å². The van der Waals surface area contributed by atoms with Gasteiger partial charge < -0.3 is 9.64 Å². The molecule has 1 aliphatic carbocycles. The van der Waals surface area contributed by atoms with E-state index in [1.54, 1.807) is 11.2 Å². The van der Waals surface area contributed by atoms with E-state index >= 15 is 0 Å². The molecular formula is C19H28N2O4S2. The van der Waals surface area contributed by atoms with Crippen LogP contribution >= 0.6 is 11.3 Å². The number of amides is 1. The van der Waals surface area contributed by atoms with Gasteiger partial charge in [0, 0.05) is 37.2 Å². The summed E-state index contributed by atoms with van der Waals surface area (Å²) in [7, 11) is -3.19. The molecule has 1 spiro atoms. The van der Waals surface area contributed by atoms with Crippen LogP contribution in [-0.2, 0) is 14.8 Å². The van der Waals surface area contributed by atoms with Gasteiger partial charge in [-0.3, -0.25) is 4.79 Å². The Labute approximate surface area is 165 Å². The van der Waals surface area contributed by atoms with Crippen molar-refractivity contribution in [2.75, 3.05) is 25.4 Å². The molecule has 1 aromatic heterocycles. The van der Waals surface area contributed by atoms with Crippen LogP contribution in [-0.4, -0.2) is 66.7 Å². The van der Waals surface area contributed by atoms with E-state index in [9.17, 15) is 13.2 Å². The van der Waals surface area contributed by atoms with Crippen molar-refractivity contribution in [1.82, 2.24) is 9.21 Å². The second-order valence-electron chi connectivity index (χ2n) is 7.94. The number of ether oxygens (including phenoxy) is 1. The summed E-state index contributed by atoms with van der Waals surface area (Å²) in [6.07, 6.45) is 5.05. The number of likely N-dealkylation sites (tertiary alicyclic amines) is 1. The summed E-state index contributed by atoms with van der Waals surface area (Å²) < 4.78 is 33.3. The number of nitrogens with zero attached hydrogens (tertiary/aromatic N) is 2. The van der Waals surface area contributed by atoms with Crippen LogP contribution < -0.4 is 0 Å². The Morgan fingerprint density at radius 2 is 2.04 bits per heavy atom. The summed E-state index contributed by atoms with van der Waals surface area (Å²) in [6.45, 7) is 3.68. The minimum atomic E-state index is -3.19. The van der Waals surface area contributed by atoms with Crippen LogP contribution in [0, 0.1) is 0 Å². The van der Waals surface area contributed by atoms with Crippen molar-refractivity contribution in [3.05, 3.63) is 22.4 Å². The second kappa shape index (κ2) is 7.46. The fourth-order valence-corrected chi connectivity index (χ4v) is 6.71. The zero-order chi connectivity index (χ0) is 19.1. The molecule has 0 bridgehead atoms. The highest BCUT2D eigenvalue weighted by Gasteiger charge is 2.48. The molecule has 1 aromatic rings. The predicted octanol–water partition coefficient (Wildman–Crippen LogP) is 2.72. The zero-order valence-electron chi connectivity index (χ0n) is 15.8. The second-order valence-corrected chi connectivity index (χ2v) is 10.9. The van der Waals surface area contributed by atoms with Gasteiger partial charge in [0.05, 0.1) is 16.9 Å². The molecule has 6 nitrogen and oxygen atoms in total. The van der Waals surface area contributed by atoms with Crippen molar-refractivity contribution >= 4 is 27.3 Å². The first-order valence-corrected chi connectivity index (χ1v) is 12.5. The van der Waals surface area contributed by atoms with Crippen molar-refractivity contribution in [1.29, 1.82) is 0 Å². The highest BCUT2D eigenvalue weighted by Crippen LogP contribution is 2.41. The highest BCUT2D eigenvalue weighted by atomic mass is 32.2. The minimum Gasteiger partial charge on any atom is -0.375 e. The van der Waals surface area contributed by atoms with Gasteiger partial charge in [-0.25, -0.2) is 8.42 Å². The Hall–Kier alpha value is -0.960. The van der Waals surface area contributed by atoms with Gasteiger partial charge in [0.2, 0.25) is 10.0 Å². The molecule has 1 saturated carbocycles. The number of carbonyl (C=O) groups is 1. The average molecular weight is 413 g/mol. The lowest BCUT2D eigenvalue weighted by Crippen LogP contribution is -2.55. The maximum absolute atomic E-state index is 12.7. The molecule has 0 aromatic carbocycles. The van der Waals surface area contributed by atoms with Gasteiger partial charge in [-0.2, -0.15) is 15.6 Å². The third-order valence-corrected chi connectivity index (χ3v) is 8.80. The molecule has 3 fully saturated rings. The summed E-state index contributed by atoms with van der Waals surface area (Å²) >= 11 is 1.54. The van der Waals surface area contributed by atoms with E-state index in [-0.39, 0.29) is 29.3 Å². The lowest BCUT2D eigenvalue weighted by Gasteiger charge is -2.48. The lowest BCUT2D eigenvalue weighted by atomic mass is 9.82.